The summed E-state index contributed by atoms with van der Waals surface area (Å²) in [6.07, 6.45) is 0.785. The van der Waals surface area contributed by atoms with E-state index < -0.39 is 28.3 Å². The van der Waals surface area contributed by atoms with Gasteiger partial charge in [-0.25, -0.2) is 14.2 Å². The molecule has 0 saturated heterocycles. The highest BCUT2D eigenvalue weighted by Gasteiger charge is 2.27. The van der Waals surface area contributed by atoms with Crippen molar-refractivity contribution in [1.29, 1.82) is 0 Å². The van der Waals surface area contributed by atoms with Gasteiger partial charge >= 0.3 is 5.97 Å². The number of ether oxygens (including phenoxy) is 1. The molecule has 1 N–H and O–H groups in total. The highest BCUT2D eigenvalue weighted by molar-refractivity contribution is 6.37. The van der Waals surface area contributed by atoms with Crippen LogP contribution in [0.25, 0.3) is 0 Å². The lowest BCUT2D eigenvalue weighted by molar-refractivity contribution is -0.132. The summed E-state index contributed by atoms with van der Waals surface area (Å²) in [4.78, 5) is 26.6. The zero-order chi connectivity index (χ0) is 15.4. The summed E-state index contributed by atoms with van der Waals surface area (Å²) in [5.41, 5.74) is -1.22. The maximum absolute atomic E-state index is 13.6. The summed E-state index contributed by atoms with van der Waals surface area (Å²) < 4.78 is 18.4. The molecule has 1 aromatic rings. The van der Waals surface area contributed by atoms with Gasteiger partial charge in [0.05, 0.1) is 12.2 Å². The van der Waals surface area contributed by atoms with Crippen molar-refractivity contribution in [2.24, 2.45) is 0 Å². The molecule has 0 saturated carbocycles. The summed E-state index contributed by atoms with van der Waals surface area (Å²) in [6.45, 7) is 3.04. The molecule has 0 aliphatic heterocycles. The SMILES string of the molecule is CCO/C=C(\C(=O)O)C(=O)c1c(Cl)nc(Cl)c(F)c1C. The Morgan fingerprint density at radius 2 is 2.00 bits per heavy atom. The van der Waals surface area contributed by atoms with Crippen LogP contribution in [-0.2, 0) is 9.53 Å². The molecular formula is C12H10Cl2FNO4. The zero-order valence-corrected chi connectivity index (χ0v) is 12.0. The van der Waals surface area contributed by atoms with Gasteiger partial charge in [-0.2, -0.15) is 0 Å². The molecule has 0 radical (unpaired) electrons. The molecule has 0 aromatic carbocycles. The molecule has 0 bridgehead atoms. The van der Waals surface area contributed by atoms with Crippen molar-refractivity contribution >= 4 is 35.0 Å². The van der Waals surface area contributed by atoms with Crippen LogP contribution in [0.5, 0.6) is 0 Å². The second-order valence-electron chi connectivity index (χ2n) is 3.63. The predicted octanol–water partition coefficient (Wildman–Crippen LogP) is 3.02. The Morgan fingerprint density at radius 1 is 1.40 bits per heavy atom. The molecule has 0 amide bonds. The van der Waals surface area contributed by atoms with Crippen molar-refractivity contribution in [1.82, 2.24) is 4.98 Å². The number of Topliss-reactive ketones (excluding diaryl/α,β-unsaturated/α-hetero) is 1. The normalized spacial score (nSPS) is 11.3. The van der Waals surface area contributed by atoms with Gasteiger partial charge in [0.25, 0.3) is 0 Å². The first kappa shape index (κ1) is 16.4. The zero-order valence-electron chi connectivity index (χ0n) is 10.5. The van der Waals surface area contributed by atoms with E-state index in [4.69, 9.17) is 33.0 Å². The van der Waals surface area contributed by atoms with Crippen LogP contribution in [-0.4, -0.2) is 28.4 Å². The van der Waals surface area contributed by atoms with Crippen molar-refractivity contribution in [2.75, 3.05) is 6.61 Å². The first-order valence-electron chi connectivity index (χ1n) is 5.42. The van der Waals surface area contributed by atoms with Crippen LogP contribution >= 0.6 is 23.2 Å². The number of carboxylic acid groups (broad SMARTS) is 1. The summed E-state index contributed by atoms with van der Waals surface area (Å²) >= 11 is 11.2. The van der Waals surface area contributed by atoms with Crippen molar-refractivity contribution in [2.45, 2.75) is 13.8 Å². The van der Waals surface area contributed by atoms with E-state index in [0.717, 1.165) is 6.26 Å². The van der Waals surface area contributed by atoms with E-state index in [2.05, 4.69) is 4.98 Å². The van der Waals surface area contributed by atoms with E-state index in [1.54, 1.807) is 6.92 Å². The molecule has 1 rings (SSSR count). The molecule has 0 spiro atoms. The highest BCUT2D eigenvalue weighted by atomic mass is 35.5. The number of hydrogen-bond acceptors (Lipinski definition) is 4. The Hall–Kier alpha value is -1.66. The smallest absolute Gasteiger partial charge is 0.342 e. The molecule has 0 fully saturated rings. The number of nitrogens with zero attached hydrogens (tertiary/aromatic N) is 1. The second kappa shape index (κ2) is 6.67. The predicted molar refractivity (Wildman–Crippen MR) is 70.6 cm³/mol. The van der Waals surface area contributed by atoms with Crippen LogP contribution < -0.4 is 0 Å². The summed E-state index contributed by atoms with van der Waals surface area (Å²) in [6, 6.07) is 0. The van der Waals surface area contributed by atoms with Gasteiger partial charge in [-0.05, 0) is 13.8 Å². The maximum Gasteiger partial charge on any atom is 0.342 e. The van der Waals surface area contributed by atoms with E-state index in [-0.39, 0.29) is 22.9 Å². The third kappa shape index (κ3) is 3.26. The van der Waals surface area contributed by atoms with Gasteiger partial charge in [0.1, 0.15) is 17.0 Å². The van der Waals surface area contributed by atoms with Gasteiger partial charge in [-0.1, -0.05) is 23.2 Å². The van der Waals surface area contributed by atoms with Gasteiger partial charge in [-0.15, -0.1) is 0 Å². The summed E-state index contributed by atoms with van der Waals surface area (Å²) in [5, 5.41) is 8.12. The molecule has 8 heteroatoms. The standard InChI is InChI=1S/C12H10Cl2FNO4/c1-3-20-4-6(12(18)19)9(17)7-5(2)8(15)11(14)16-10(7)13/h4H,3H2,1-2H3,(H,18,19)/b6-4-. The molecule has 20 heavy (non-hydrogen) atoms. The number of hydrogen-bond donors (Lipinski definition) is 1. The lowest BCUT2D eigenvalue weighted by Crippen LogP contribution is -2.16. The van der Waals surface area contributed by atoms with Gasteiger partial charge < -0.3 is 9.84 Å². The molecular weight excluding hydrogens is 312 g/mol. The average Bonchev–Trinajstić information content (AvgIpc) is 2.36. The van der Waals surface area contributed by atoms with Gasteiger partial charge in [0.2, 0.25) is 5.78 Å². The molecule has 108 valence electrons. The topological polar surface area (TPSA) is 76.5 Å². The number of aliphatic carboxylic acids is 1. The lowest BCUT2D eigenvalue weighted by Gasteiger charge is -2.09. The van der Waals surface area contributed by atoms with Gasteiger partial charge in [-0.3, -0.25) is 4.79 Å². The third-order valence-electron chi connectivity index (χ3n) is 2.36. The fraction of sp³-hybridized carbons (Fsp3) is 0.250. The van der Waals surface area contributed by atoms with E-state index in [0.29, 0.717) is 0 Å². The van der Waals surface area contributed by atoms with Crippen LogP contribution in [0.15, 0.2) is 11.8 Å². The number of carbonyl (C=O) groups is 2. The summed E-state index contributed by atoms with van der Waals surface area (Å²) in [7, 11) is 0. The molecule has 0 unspecified atom stereocenters. The minimum atomic E-state index is -1.52. The number of carbonyl (C=O) groups excluding carboxylic acids is 1. The first-order chi connectivity index (χ1) is 9.31. The van der Waals surface area contributed by atoms with E-state index >= 15 is 0 Å². The van der Waals surface area contributed by atoms with Crippen LogP contribution in [0.4, 0.5) is 4.39 Å². The maximum atomic E-state index is 13.6. The van der Waals surface area contributed by atoms with Crippen molar-refractivity contribution in [3.8, 4) is 0 Å². The van der Waals surface area contributed by atoms with Crippen LogP contribution in [0.2, 0.25) is 10.3 Å². The van der Waals surface area contributed by atoms with Crippen molar-refractivity contribution < 1.29 is 23.8 Å². The van der Waals surface area contributed by atoms with Crippen molar-refractivity contribution in [3.63, 3.8) is 0 Å². The van der Waals surface area contributed by atoms with E-state index in [1.807, 2.05) is 0 Å². The Morgan fingerprint density at radius 3 is 2.50 bits per heavy atom. The van der Waals surface area contributed by atoms with Crippen LogP contribution in [0.1, 0.15) is 22.8 Å². The second-order valence-corrected chi connectivity index (χ2v) is 4.34. The average molecular weight is 322 g/mol. The van der Waals surface area contributed by atoms with Crippen molar-refractivity contribution in [3.05, 3.63) is 39.1 Å². The van der Waals surface area contributed by atoms with Gasteiger partial charge in [0, 0.05) is 5.56 Å². The molecule has 0 atom stereocenters. The number of ketones is 1. The quantitative estimate of drug-likeness (QED) is 0.225. The molecule has 1 aromatic heterocycles. The van der Waals surface area contributed by atoms with E-state index in [1.165, 1.54) is 6.92 Å². The van der Waals surface area contributed by atoms with E-state index in [9.17, 15) is 14.0 Å². The third-order valence-corrected chi connectivity index (χ3v) is 2.88. The largest absolute Gasteiger partial charge is 0.500 e. The minimum Gasteiger partial charge on any atom is -0.500 e. The fourth-order valence-electron chi connectivity index (χ4n) is 1.38. The monoisotopic (exact) mass is 321 g/mol. The fourth-order valence-corrected chi connectivity index (χ4v) is 1.96. The van der Waals surface area contributed by atoms with Gasteiger partial charge in [0.15, 0.2) is 11.0 Å². The van der Waals surface area contributed by atoms with Crippen LogP contribution in [0.3, 0.4) is 0 Å². The Labute approximate surface area is 124 Å². The Bertz CT molecular complexity index is 602. The molecule has 0 aliphatic carbocycles. The number of carboxylic acids is 1. The number of aromatic nitrogens is 1. The highest BCUT2D eigenvalue weighted by Crippen LogP contribution is 2.27. The molecule has 0 aliphatic rings. The minimum absolute atomic E-state index is 0.171. The molecule has 1 heterocycles. The number of pyridine rings is 1. The lowest BCUT2D eigenvalue weighted by atomic mass is 10.0. The van der Waals surface area contributed by atoms with Crippen LogP contribution in [0, 0.1) is 12.7 Å². The Kier molecular flexibility index (Phi) is 5.47. The number of rotatable bonds is 5. The first-order valence-corrected chi connectivity index (χ1v) is 6.17. The molecule has 5 nitrogen and oxygen atoms in total. The Balaban J connectivity index is 3.40. The summed E-state index contributed by atoms with van der Waals surface area (Å²) in [5.74, 6) is -3.45. The number of halogens is 3.